The number of hydrogen-bond donors (Lipinski definition) is 0. The standard InChI is InChI=1S/C21H20N4O4S/c1-24-17(7-9-23-24)21(26)25-11-16-15-10-13(14-4-3-8-22-20(14)29-2)5-6-18(15)30(27,28)19(16)12-25/h3-10,16,19H,11-12H2,1-2H3/t16-,19-/m1/s1. The van der Waals surface area contributed by atoms with Crippen molar-refractivity contribution in [2.45, 2.75) is 16.1 Å². The molecule has 2 aliphatic heterocycles. The van der Waals surface area contributed by atoms with E-state index in [2.05, 4.69) is 10.1 Å². The van der Waals surface area contributed by atoms with Crippen LogP contribution in [-0.2, 0) is 16.9 Å². The lowest BCUT2D eigenvalue weighted by Gasteiger charge is -2.18. The number of carbonyl (C=O) groups excluding carboxylic acids is 1. The Morgan fingerprint density at radius 3 is 2.73 bits per heavy atom. The Kier molecular flexibility index (Phi) is 4.18. The number of benzene rings is 1. The van der Waals surface area contributed by atoms with Crippen LogP contribution in [0.5, 0.6) is 5.88 Å². The lowest BCUT2D eigenvalue weighted by molar-refractivity contribution is 0.0780. The molecule has 8 nitrogen and oxygen atoms in total. The molecule has 154 valence electrons. The second-order valence-electron chi connectivity index (χ2n) is 7.55. The fraction of sp³-hybridized carbons (Fsp3) is 0.286. The van der Waals surface area contributed by atoms with Crippen LogP contribution in [0.25, 0.3) is 11.1 Å². The van der Waals surface area contributed by atoms with E-state index < -0.39 is 15.1 Å². The largest absolute Gasteiger partial charge is 0.481 e. The summed E-state index contributed by atoms with van der Waals surface area (Å²) in [6.45, 7) is 0.534. The number of pyridine rings is 1. The van der Waals surface area contributed by atoms with Gasteiger partial charge in [-0.05, 0) is 41.5 Å². The van der Waals surface area contributed by atoms with E-state index in [1.807, 2.05) is 18.2 Å². The molecule has 9 heteroatoms. The molecule has 5 rings (SSSR count). The van der Waals surface area contributed by atoms with Crippen molar-refractivity contribution in [1.82, 2.24) is 19.7 Å². The maximum Gasteiger partial charge on any atom is 0.272 e. The minimum Gasteiger partial charge on any atom is -0.481 e. The number of hydrogen-bond acceptors (Lipinski definition) is 6. The van der Waals surface area contributed by atoms with Gasteiger partial charge in [-0.1, -0.05) is 6.07 Å². The van der Waals surface area contributed by atoms with Crippen molar-refractivity contribution in [1.29, 1.82) is 0 Å². The number of nitrogens with zero attached hydrogens (tertiary/aromatic N) is 4. The van der Waals surface area contributed by atoms with Crippen LogP contribution < -0.4 is 4.74 Å². The van der Waals surface area contributed by atoms with Crippen LogP contribution in [0.2, 0.25) is 0 Å². The van der Waals surface area contributed by atoms with Crippen LogP contribution in [0, 0.1) is 0 Å². The van der Waals surface area contributed by atoms with E-state index in [9.17, 15) is 13.2 Å². The second-order valence-corrected chi connectivity index (χ2v) is 9.69. The third kappa shape index (κ3) is 2.65. The van der Waals surface area contributed by atoms with Crippen molar-refractivity contribution >= 4 is 15.7 Å². The molecular weight excluding hydrogens is 404 g/mol. The summed E-state index contributed by atoms with van der Waals surface area (Å²) < 4.78 is 33.2. The van der Waals surface area contributed by atoms with E-state index in [0.717, 1.165) is 16.7 Å². The number of sulfone groups is 1. The fourth-order valence-electron chi connectivity index (χ4n) is 4.50. The topological polar surface area (TPSA) is 94.4 Å². The first-order valence-corrected chi connectivity index (χ1v) is 11.1. The highest BCUT2D eigenvalue weighted by Gasteiger charge is 2.51. The Morgan fingerprint density at radius 2 is 2.00 bits per heavy atom. The molecule has 1 amide bonds. The van der Waals surface area contributed by atoms with Crippen LogP contribution in [0.3, 0.4) is 0 Å². The molecule has 0 N–H and O–H groups in total. The maximum atomic E-state index is 13.2. The normalized spacial score (nSPS) is 21.3. The van der Waals surface area contributed by atoms with Crippen molar-refractivity contribution in [2.75, 3.05) is 20.2 Å². The Labute approximate surface area is 174 Å². The van der Waals surface area contributed by atoms with Gasteiger partial charge in [-0.3, -0.25) is 9.48 Å². The quantitative estimate of drug-likeness (QED) is 0.637. The van der Waals surface area contributed by atoms with Crippen LogP contribution in [0.1, 0.15) is 22.0 Å². The molecule has 0 bridgehead atoms. The van der Waals surface area contributed by atoms with Crippen LogP contribution in [0.15, 0.2) is 53.7 Å². The first kappa shape index (κ1) is 18.8. The molecule has 2 aromatic heterocycles. The number of amides is 1. The summed E-state index contributed by atoms with van der Waals surface area (Å²) in [5, 5.41) is 3.41. The highest BCUT2D eigenvalue weighted by Crippen LogP contribution is 2.46. The van der Waals surface area contributed by atoms with Gasteiger partial charge in [-0.25, -0.2) is 13.4 Å². The number of likely N-dealkylation sites (tertiary alicyclic amines) is 1. The van der Waals surface area contributed by atoms with Gasteiger partial charge < -0.3 is 9.64 Å². The first-order valence-electron chi connectivity index (χ1n) is 9.56. The lowest BCUT2D eigenvalue weighted by Crippen LogP contribution is -2.32. The molecule has 4 heterocycles. The maximum absolute atomic E-state index is 13.2. The molecule has 0 aliphatic carbocycles. The van der Waals surface area contributed by atoms with Crippen molar-refractivity contribution < 1.29 is 17.9 Å². The van der Waals surface area contributed by atoms with Crippen LogP contribution in [-0.4, -0.2) is 59.4 Å². The summed E-state index contributed by atoms with van der Waals surface area (Å²) in [5.74, 6) is 0.0188. The summed E-state index contributed by atoms with van der Waals surface area (Å²) in [6.07, 6.45) is 3.21. The molecule has 0 unspecified atom stereocenters. The predicted molar refractivity (Wildman–Crippen MR) is 109 cm³/mol. The summed E-state index contributed by atoms with van der Waals surface area (Å²) in [4.78, 5) is 19.1. The zero-order valence-corrected chi connectivity index (χ0v) is 17.3. The van der Waals surface area contributed by atoms with Gasteiger partial charge in [0.15, 0.2) is 9.84 Å². The van der Waals surface area contributed by atoms with Gasteiger partial charge in [0.05, 0.1) is 17.3 Å². The molecule has 2 aliphatic rings. The monoisotopic (exact) mass is 424 g/mol. The lowest BCUT2D eigenvalue weighted by atomic mass is 9.95. The molecule has 1 saturated heterocycles. The minimum absolute atomic E-state index is 0.178. The van der Waals surface area contributed by atoms with Gasteiger partial charge in [0, 0.05) is 44.0 Å². The van der Waals surface area contributed by atoms with Crippen molar-refractivity contribution in [2.24, 2.45) is 7.05 Å². The number of aryl methyl sites for hydroxylation is 1. The smallest absolute Gasteiger partial charge is 0.272 e. The second kappa shape index (κ2) is 6.66. The number of rotatable bonds is 3. The molecule has 2 atom stereocenters. The van der Waals surface area contributed by atoms with E-state index in [1.54, 1.807) is 49.7 Å². The zero-order valence-electron chi connectivity index (χ0n) is 16.5. The number of methoxy groups -OCH3 is 1. The Balaban J connectivity index is 1.54. The van der Waals surface area contributed by atoms with E-state index in [0.29, 0.717) is 23.0 Å². The summed E-state index contributed by atoms with van der Waals surface area (Å²) in [5.41, 5.74) is 2.83. The number of fused-ring (bicyclic) bond motifs is 3. The molecule has 1 fully saturated rings. The highest BCUT2D eigenvalue weighted by atomic mass is 32.2. The predicted octanol–water partition coefficient (Wildman–Crippen LogP) is 1.89. The van der Waals surface area contributed by atoms with Crippen molar-refractivity contribution in [3.05, 3.63) is 60.0 Å². The third-order valence-corrected chi connectivity index (χ3v) is 8.24. The van der Waals surface area contributed by atoms with E-state index in [-0.39, 0.29) is 18.4 Å². The first-order chi connectivity index (χ1) is 14.4. The Morgan fingerprint density at radius 1 is 1.17 bits per heavy atom. The van der Waals surface area contributed by atoms with Gasteiger partial charge in [-0.15, -0.1) is 0 Å². The van der Waals surface area contributed by atoms with E-state index >= 15 is 0 Å². The van der Waals surface area contributed by atoms with Gasteiger partial charge >= 0.3 is 0 Å². The average molecular weight is 424 g/mol. The van der Waals surface area contributed by atoms with Crippen molar-refractivity contribution in [3.8, 4) is 17.0 Å². The Bertz CT molecular complexity index is 1270. The molecular formula is C21H20N4O4S. The zero-order chi connectivity index (χ0) is 21.0. The molecule has 3 aromatic rings. The van der Waals surface area contributed by atoms with E-state index in [4.69, 9.17) is 4.74 Å². The summed E-state index contributed by atoms with van der Waals surface area (Å²) in [6, 6.07) is 10.7. The van der Waals surface area contributed by atoms with E-state index in [1.165, 1.54) is 4.68 Å². The average Bonchev–Trinajstić information content (AvgIpc) is 3.43. The summed E-state index contributed by atoms with van der Waals surface area (Å²) >= 11 is 0. The molecule has 1 aromatic carbocycles. The SMILES string of the molecule is COc1ncccc1-c1ccc2c(c1)[C@H]1CN(C(=O)c3ccnn3C)C[C@H]1S2(=O)=O. The minimum atomic E-state index is -3.51. The highest BCUT2D eigenvalue weighted by molar-refractivity contribution is 7.92. The number of aromatic nitrogens is 3. The molecule has 0 saturated carbocycles. The van der Waals surface area contributed by atoms with Gasteiger partial charge in [-0.2, -0.15) is 5.10 Å². The van der Waals surface area contributed by atoms with Gasteiger partial charge in [0.2, 0.25) is 5.88 Å². The molecule has 0 spiro atoms. The van der Waals surface area contributed by atoms with Gasteiger partial charge in [0.25, 0.3) is 5.91 Å². The van der Waals surface area contributed by atoms with Crippen molar-refractivity contribution in [3.63, 3.8) is 0 Å². The summed E-state index contributed by atoms with van der Waals surface area (Å²) in [7, 11) is -0.254. The molecule has 0 radical (unpaired) electrons. The number of carbonyl (C=O) groups is 1. The van der Waals surface area contributed by atoms with Gasteiger partial charge in [0.1, 0.15) is 5.69 Å². The third-order valence-electron chi connectivity index (χ3n) is 5.98. The Hall–Kier alpha value is -3.20. The fourth-order valence-corrected chi connectivity index (χ4v) is 6.66. The molecule has 30 heavy (non-hydrogen) atoms. The number of ether oxygens (including phenoxy) is 1. The van der Waals surface area contributed by atoms with Crippen LogP contribution in [0.4, 0.5) is 0 Å². The van der Waals surface area contributed by atoms with Crippen LogP contribution >= 0.6 is 0 Å².